The van der Waals surface area contributed by atoms with E-state index in [1.807, 2.05) is 0 Å². The topological polar surface area (TPSA) is 72.7 Å². The van der Waals surface area contributed by atoms with Gasteiger partial charge in [-0.25, -0.2) is 0 Å². The van der Waals surface area contributed by atoms with Crippen molar-refractivity contribution in [3.8, 4) is 17.2 Å². The minimum atomic E-state index is -4.26. The van der Waals surface area contributed by atoms with Crippen molar-refractivity contribution < 1.29 is 28.5 Å². The summed E-state index contributed by atoms with van der Waals surface area (Å²) in [5.74, 6) is -1.71. The first-order valence-corrected chi connectivity index (χ1v) is 5.23. The van der Waals surface area contributed by atoms with Crippen molar-refractivity contribution in [3.63, 3.8) is 0 Å². The maximum absolute atomic E-state index is 12.1. The third-order valence-corrected chi connectivity index (χ3v) is 2.39. The highest BCUT2D eigenvalue weighted by atomic mass is 19.4. The van der Waals surface area contributed by atoms with Crippen LogP contribution in [0.1, 0.15) is 18.9 Å². The van der Waals surface area contributed by atoms with E-state index in [-0.39, 0.29) is 12.1 Å². The van der Waals surface area contributed by atoms with Crippen molar-refractivity contribution >= 4 is 0 Å². The van der Waals surface area contributed by atoms with Crippen LogP contribution in [0.4, 0.5) is 13.2 Å². The van der Waals surface area contributed by atoms with Crippen molar-refractivity contribution in [2.45, 2.75) is 32.1 Å². The summed E-state index contributed by atoms with van der Waals surface area (Å²) in [5.41, 5.74) is 0.208. The molecule has 102 valence electrons. The molecule has 4 nitrogen and oxygen atoms in total. The van der Waals surface area contributed by atoms with Crippen LogP contribution in [0.3, 0.4) is 0 Å². The van der Waals surface area contributed by atoms with Gasteiger partial charge in [-0.15, -0.1) is 0 Å². The van der Waals surface area contributed by atoms with Crippen molar-refractivity contribution in [3.05, 3.63) is 17.7 Å². The number of hydrogen-bond donors (Lipinski definition) is 4. The second-order valence-corrected chi connectivity index (χ2v) is 4.04. The van der Waals surface area contributed by atoms with E-state index in [1.165, 1.54) is 13.0 Å². The largest absolute Gasteiger partial charge is 0.504 e. The first kappa shape index (κ1) is 14.4. The van der Waals surface area contributed by atoms with E-state index in [9.17, 15) is 23.4 Å². The quantitative estimate of drug-likeness (QED) is 0.630. The van der Waals surface area contributed by atoms with Crippen LogP contribution in [-0.4, -0.2) is 27.5 Å². The van der Waals surface area contributed by atoms with E-state index in [1.54, 1.807) is 0 Å². The van der Waals surface area contributed by atoms with Crippen LogP contribution in [0.5, 0.6) is 17.2 Å². The van der Waals surface area contributed by atoms with Gasteiger partial charge in [-0.2, -0.15) is 13.2 Å². The maximum atomic E-state index is 12.1. The standard InChI is InChI=1S/C11H14F3NO3/c1-6(4-11(12,13)14)15-5-7-2-3-8(16)10(18)9(7)17/h2-3,6,15-18H,4-5H2,1H3. The van der Waals surface area contributed by atoms with Crippen LogP contribution >= 0.6 is 0 Å². The second kappa shape index (κ2) is 5.34. The lowest BCUT2D eigenvalue weighted by Gasteiger charge is -2.16. The number of benzene rings is 1. The number of hydrogen-bond acceptors (Lipinski definition) is 4. The van der Waals surface area contributed by atoms with Gasteiger partial charge in [0.15, 0.2) is 11.5 Å². The van der Waals surface area contributed by atoms with Gasteiger partial charge in [0.1, 0.15) is 0 Å². The fourth-order valence-electron chi connectivity index (χ4n) is 1.46. The number of phenolic OH excluding ortho intramolecular Hbond substituents is 3. The number of nitrogens with one attached hydrogen (secondary N) is 1. The molecule has 0 aliphatic heterocycles. The van der Waals surface area contributed by atoms with Crippen LogP contribution in [0.25, 0.3) is 0 Å². The minimum absolute atomic E-state index is 0.0447. The smallest absolute Gasteiger partial charge is 0.390 e. The second-order valence-electron chi connectivity index (χ2n) is 4.04. The molecule has 1 unspecified atom stereocenters. The highest BCUT2D eigenvalue weighted by molar-refractivity contribution is 5.52. The Labute approximate surface area is 102 Å². The molecule has 1 aromatic rings. The molecular weight excluding hydrogens is 251 g/mol. The predicted molar refractivity (Wildman–Crippen MR) is 58.4 cm³/mol. The SMILES string of the molecule is CC(CC(F)(F)F)NCc1ccc(O)c(O)c1O. The van der Waals surface area contributed by atoms with E-state index in [0.717, 1.165) is 6.07 Å². The molecule has 0 heterocycles. The van der Waals surface area contributed by atoms with Crippen molar-refractivity contribution in [1.29, 1.82) is 0 Å². The number of aromatic hydroxyl groups is 3. The Bertz CT molecular complexity index is 421. The number of halogens is 3. The first-order valence-electron chi connectivity index (χ1n) is 5.23. The Morgan fingerprint density at radius 2 is 1.78 bits per heavy atom. The molecule has 0 radical (unpaired) electrons. The van der Waals surface area contributed by atoms with E-state index in [2.05, 4.69) is 5.32 Å². The van der Waals surface area contributed by atoms with Crippen molar-refractivity contribution in [1.82, 2.24) is 5.32 Å². The minimum Gasteiger partial charge on any atom is -0.504 e. The zero-order valence-corrected chi connectivity index (χ0v) is 9.62. The Morgan fingerprint density at radius 1 is 1.17 bits per heavy atom. The van der Waals surface area contributed by atoms with Crippen LogP contribution < -0.4 is 5.32 Å². The van der Waals surface area contributed by atoms with Gasteiger partial charge in [-0.05, 0) is 13.0 Å². The first-order chi connectivity index (χ1) is 8.20. The van der Waals surface area contributed by atoms with Gasteiger partial charge in [0, 0.05) is 18.2 Å². The molecule has 0 spiro atoms. The molecule has 0 aliphatic carbocycles. The van der Waals surface area contributed by atoms with Crippen LogP contribution in [0, 0.1) is 0 Å². The molecule has 0 aliphatic rings. The maximum Gasteiger partial charge on any atom is 0.390 e. The molecule has 0 bridgehead atoms. The molecule has 0 saturated carbocycles. The summed E-state index contributed by atoms with van der Waals surface area (Å²) in [5, 5.41) is 30.3. The van der Waals surface area contributed by atoms with Crippen LogP contribution in [0.2, 0.25) is 0 Å². The van der Waals surface area contributed by atoms with Crippen LogP contribution in [0.15, 0.2) is 12.1 Å². The summed E-state index contributed by atoms with van der Waals surface area (Å²) in [6.07, 6.45) is -5.25. The highest BCUT2D eigenvalue weighted by Gasteiger charge is 2.29. The molecule has 0 saturated heterocycles. The third-order valence-electron chi connectivity index (χ3n) is 2.39. The Hall–Kier alpha value is -1.63. The van der Waals surface area contributed by atoms with Crippen molar-refractivity contribution in [2.24, 2.45) is 0 Å². The molecule has 1 atom stereocenters. The molecule has 0 aromatic heterocycles. The van der Waals surface area contributed by atoms with Gasteiger partial charge in [0.05, 0.1) is 6.42 Å². The Balaban J connectivity index is 2.62. The normalized spacial score (nSPS) is 13.6. The van der Waals surface area contributed by atoms with Gasteiger partial charge in [-0.1, -0.05) is 6.07 Å². The molecule has 1 rings (SSSR count). The average Bonchev–Trinajstić information content (AvgIpc) is 2.22. The van der Waals surface area contributed by atoms with Crippen LogP contribution in [-0.2, 0) is 6.54 Å². The lowest BCUT2D eigenvalue weighted by molar-refractivity contribution is -0.139. The number of phenols is 3. The molecule has 0 fully saturated rings. The molecule has 18 heavy (non-hydrogen) atoms. The fourth-order valence-corrected chi connectivity index (χ4v) is 1.46. The predicted octanol–water partition coefficient (Wildman–Crippen LogP) is 2.23. The van der Waals surface area contributed by atoms with E-state index in [4.69, 9.17) is 5.11 Å². The van der Waals surface area contributed by atoms with Gasteiger partial charge in [0.25, 0.3) is 0 Å². The highest BCUT2D eigenvalue weighted by Crippen LogP contribution is 2.36. The Morgan fingerprint density at radius 3 is 2.33 bits per heavy atom. The zero-order valence-electron chi connectivity index (χ0n) is 9.62. The zero-order chi connectivity index (χ0) is 13.9. The molecule has 4 N–H and O–H groups in total. The van der Waals surface area contributed by atoms with Gasteiger partial charge in [0.2, 0.25) is 5.75 Å². The third kappa shape index (κ3) is 3.99. The summed E-state index contributed by atoms with van der Waals surface area (Å²) in [4.78, 5) is 0. The lowest BCUT2D eigenvalue weighted by atomic mass is 10.1. The summed E-state index contributed by atoms with van der Waals surface area (Å²) in [7, 11) is 0. The number of alkyl halides is 3. The van der Waals surface area contributed by atoms with Crippen molar-refractivity contribution in [2.75, 3.05) is 0 Å². The van der Waals surface area contributed by atoms with E-state index >= 15 is 0 Å². The summed E-state index contributed by atoms with van der Waals surface area (Å²) >= 11 is 0. The van der Waals surface area contributed by atoms with Gasteiger partial charge >= 0.3 is 6.18 Å². The lowest BCUT2D eigenvalue weighted by Crippen LogP contribution is -2.30. The Kier molecular flexibility index (Phi) is 4.28. The summed E-state index contributed by atoms with van der Waals surface area (Å²) in [6.45, 7) is 1.32. The number of rotatable bonds is 4. The summed E-state index contributed by atoms with van der Waals surface area (Å²) < 4.78 is 36.2. The average molecular weight is 265 g/mol. The molecular formula is C11H14F3NO3. The van der Waals surface area contributed by atoms with Gasteiger partial charge < -0.3 is 20.6 Å². The summed E-state index contributed by atoms with van der Waals surface area (Å²) in [6, 6.07) is 1.65. The molecule has 1 aromatic carbocycles. The molecule has 7 heteroatoms. The van der Waals surface area contributed by atoms with E-state index < -0.39 is 35.9 Å². The fraction of sp³-hybridized carbons (Fsp3) is 0.455. The van der Waals surface area contributed by atoms with Gasteiger partial charge in [-0.3, -0.25) is 0 Å². The monoisotopic (exact) mass is 265 g/mol. The van der Waals surface area contributed by atoms with E-state index in [0.29, 0.717) is 0 Å². The molecule has 0 amide bonds.